The van der Waals surface area contributed by atoms with E-state index in [2.05, 4.69) is 15.3 Å². The zero-order valence-electron chi connectivity index (χ0n) is 22.3. The molecule has 39 heavy (non-hydrogen) atoms. The van der Waals surface area contributed by atoms with Gasteiger partial charge in [0.05, 0.1) is 25.4 Å². The highest BCUT2D eigenvalue weighted by Crippen LogP contribution is 2.32. The molecule has 1 saturated heterocycles. The van der Waals surface area contributed by atoms with Crippen LogP contribution >= 0.6 is 0 Å². The Balaban J connectivity index is 1.46. The van der Waals surface area contributed by atoms with E-state index in [-0.39, 0.29) is 17.3 Å². The number of hydrogen-bond donors (Lipinski definition) is 1. The number of rotatable bonds is 7. The number of nitrogens with one attached hydrogen (secondary N) is 1. The smallest absolute Gasteiger partial charge is 0.276 e. The number of carbonyl (C=O) groups is 2. The van der Waals surface area contributed by atoms with Crippen molar-refractivity contribution in [3.63, 3.8) is 0 Å². The van der Waals surface area contributed by atoms with Crippen molar-refractivity contribution in [2.75, 3.05) is 47.4 Å². The lowest BCUT2D eigenvalue weighted by atomic mass is 10.1. The van der Waals surface area contributed by atoms with Gasteiger partial charge in [0.15, 0.2) is 17.2 Å². The summed E-state index contributed by atoms with van der Waals surface area (Å²) in [6.45, 7) is 2.76. The van der Waals surface area contributed by atoms with Gasteiger partial charge in [-0.25, -0.2) is 4.52 Å². The number of nitrogens with zero attached hydrogens (tertiary/aromatic N) is 4. The third-order valence-electron chi connectivity index (χ3n) is 6.78. The summed E-state index contributed by atoms with van der Waals surface area (Å²) in [4.78, 5) is 30.9. The van der Waals surface area contributed by atoms with Gasteiger partial charge in [0.25, 0.3) is 11.8 Å². The van der Waals surface area contributed by atoms with E-state index in [1.807, 2.05) is 73.8 Å². The summed E-state index contributed by atoms with van der Waals surface area (Å²) in [5.74, 6) is 0.545. The molecule has 2 aromatic carbocycles. The van der Waals surface area contributed by atoms with E-state index in [0.717, 1.165) is 35.4 Å². The molecule has 9 nitrogen and oxygen atoms in total. The van der Waals surface area contributed by atoms with Gasteiger partial charge in [-0.1, -0.05) is 36.4 Å². The quantitative estimate of drug-likeness (QED) is 0.371. The third kappa shape index (κ3) is 5.63. The van der Waals surface area contributed by atoms with E-state index in [1.54, 1.807) is 35.8 Å². The first-order valence-electron chi connectivity index (χ1n) is 12.7. The number of piperazine rings is 1. The molecule has 2 aromatic heterocycles. The van der Waals surface area contributed by atoms with Gasteiger partial charge in [-0.3, -0.25) is 9.59 Å². The predicted octanol–water partition coefficient (Wildman–Crippen LogP) is 3.56. The molecular formula is C30H31N5O4. The van der Waals surface area contributed by atoms with Gasteiger partial charge in [-0.2, -0.15) is 5.10 Å². The number of carbonyl (C=O) groups excluding carboxylic acids is 2. The number of ether oxygens (including phenoxy) is 2. The van der Waals surface area contributed by atoms with Gasteiger partial charge in [-0.05, 0) is 55.1 Å². The van der Waals surface area contributed by atoms with Crippen LogP contribution in [0, 0.1) is 0 Å². The number of amides is 2. The minimum absolute atomic E-state index is 0.202. The van der Waals surface area contributed by atoms with Gasteiger partial charge in [0, 0.05) is 31.7 Å². The molecule has 200 valence electrons. The largest absolute Gasteiger partial charge is 0.493 e. The maximum Gasteiger partial charge on any atom is 0.276 e. The molecule has 0 radical (unpaired) electrons. The molecular weight excluding hydrogens is 494 g/mol. The standard InChI is InChI=1S/C30H31N5O4/c1-33-14-16-34(17-15-33)30(37)25(18-21-8-5-4-6-9-21)31-29(36)24-20-23-10-7-11-26(35(23)32-24)22-12-13-27(38-2)28(19-22)39-3/h4-13,18-20H,14-17H2,1-3H3,(H,31,36)/b25-18+. The van der Waals surface area contributed by atoms with Gasteiger partial charge < -0.3 is 24.6 Å². The molecule has 0 spiro atoms. The molecule has 0 atom stereocenters. The van der Waals surface area contributed by atoms with Gasteiger partial charge in [-0.15, -0.1) is 0 Å². The van der Waals surface area contributed by atoms with E-state index in [4.69, 9.17) is 9.47 Å². The fourth-order valence-electron chi connectivity index (χ4n) is 4.57. The molecule has 1 fully saturated rings. The molecule has 0 aliphatic carbocycles. The average Bonchev–Trinajstić information content (AvgIpc) is 3.42. The topological polar surface area (TPSA) is 88.4 Å². The summed E-state index contributed by atoms with van der Waals surface area (Å²) in [7, 11) is 5.21. The number of fused-ring (bicyclic) bond motifs is 1. The fraction of sp³-hybridized carbons (Fsp3) is 0.233. The van der Waals surface area contributed by atoms with E-state index in [9.17, 15) is 9.59 Å². The van der Waals surface area contributed by atoms with Crippen LogP contribution in [-0.4, -0.2) is 78.7 Å². The maximum atomic E-state index is 13.5. The molecule has 9 heteroatoms. The van der Waals surface area contributed by atoms with Crippen molar-refractivity contribution < 1.29 is 19.1 Å². The maximum absolute atomic E-state index is 13.5. The van der Waals surface area contributed by atoms with Crippen molar-refractivity contribution in [1.29, 1.82) is 0 Å². The summed E-state index contributed by atoms with van der Waals surface area (Å²) < 4.78 is 12.5. The van der Waals surface area contributed by atoms with E-state index >= 15 is 0 Å². The van der Waals surface area contributed by atoms with Crippen LogP contribution in [0.1, 0.15) is 16.1 Å². The highest BCUT2D eigenvalue weighted by molar-refractivity contribution is 6.05. The molecule has 2 amide bonds. The lowest BCUT2D eigenvalue weighted by molar-refractivity contribution is -0.128. The molecule has 1 aliphatic rings. The van der Waals surface area contributed by atoms with Crippen LogP contribution in [0.4, 0.5) is 0 Å². The van der Waals surface area contributed by atoms with Gasteiger partial charge >= 0.3 is 0 Å². The second kappa shape index (κ2) is 11.4. The first-order chi connectivity index (χ1) is 19.0. The Morgan fingerprint density at radius 3 is 2.33 bits per heavy atom. The first kappa shape index (κ1) is 26.0. The van der Waals surface area contributed by atoms with Crippen molar-refractivity contribution in [1.82, 2.24) is 24.7 Å². The van der Waals surface area contributed by atoms with Crippen molar-refractivity contribution in [3.8, 4) is 22.8 Å². The molecule has 1 N–H and O–H groups in total. The Hall–Kier alpha value is -4.63. The lowest BCUT2D eigenvalue weighted by Crippen LogP contribution is -2.49. The number of benzene rings is 2. The molecule has 0 bridgehead atoms. The lowest BCUT2D eigenvalue weighted by Gasteiger charge is -2.33. The van der Waals surface area contributed by atoms with Crippen molar-refractivity contribution in [3.05, 3.63) is 89.8 Å². The zero-order valence-corrected chi connectivity index (χ0v) is 22.3. The Kier molecular flexibility index (Phi) is 7.60. The summed E-state index contributed by atoms with van der Waals surface area (Å²) in [6.07, 6.45) is 1.71. The van der Waals surface area contributed by atoms with E-state index in [1.165, 1.54) is 0 Å². The third-order valence-corrected chi connectivity index (χ3v) is 6.78. The first-order valence-corrected chi connectivity index (χ1v) is 12.7. The van der Waals surface area contributed by atoms with Crippen LogP contribution in [0.5, 0.6) is 11.5 Å². The number of aromatic nitrogens is 2. The monoisotopic (exact) mass is 525 g/mol. The Labute approximate surface area is 227 Å². The fourth-order valence-corrected chi connectivity index (χ4v) is 4.57. The zero-order chi connectivity index (χ0) is 27.4. The Morgan fingerprint density at radius 1 is 0.872 bits per heavy atom. The van der Waals surface area contributed by atoms with Gasteiger partial charge in [0.2, 0.25) is 0 Å². The number of hydrogen-bond acceptors (Lipinski definition) is 6. The number of pyridine rings is 1. The normalized spacial score (nSPS) is 14.3. The van der Waals surface area contributed by atoms with Crippen LogP contribution in [0.3, 0.4) is 0 Å². The van der Waals surface area contributed by atoms with Crippen LogP contribution in [-0.2, 0) is 4.79 Å². The van der Waals surface area contributed by atoms with E-state index in [0.29, 0.717) is 24.6 Å². The summed E-state index contributed by atoms with van der Waals surface area (Å²) >= 11 is 0. The second-order valence-corrected chi connectivity index (χ2v) is 9.37. The number of likely N-dealkylation sites (N-methyl/N-ethyl adjacent to an activating group) is 1. The minimum Gasteiger partial charge on any atom is -0.493 e. The van der Waals surface area contributed by atoms with Crippen LogP contribution in [0.15, 0.2) is 78.5 Å². The molecule has 4 aromatic rings. The van der Waals surface area contributed by atoms with Gasteiger partial charge in [0.1, 0.15) is 5.70 Å². The molecule has 3 heterocycles. The van der Waals surface area contributed by atoms with E-state index < -0.39 is 5.91 Å². The Morgan fingerprint density at radius 2 is 1.62 bits per heavy atom. The summed E-state index contributed by atoms with van der Waals surface area (Å²) in [6, 6.07) is 22.5. The molecule has 1 aliphatic heterocycles. The highest BCUT2D eigenvalue weighted by Gasteiger charge is 2.25. The van der Waals surface area contributed by atoms with Crippen LogP contribution in [0.2, 0.25) is 0 Å². The summed E-state index contributed by atoms with van der Waals surface area (Å²) in [5.41, 5.74) is 3.61. The van der Waals surface area contributed by atoms with Crippen LogP contribution in [0.25, 0.3) is 22.9 Å². The van der Waals surface area contributed by atoms with Crippen molar-refractivity contribution in [2.24, 2.45) is 0 Å². The van der Waals surface area contributed by atoms with Crippen molar-refractivity contribution in [2.45, 2.75) is 0 Å². The highest BCUT2D eigenvalue weighted by atomic mass is 16.5. The predicted molar refractivity (Wildman–Crippen MR) is 150 cm³/mol. The molecule has 0 saturated carbocycles. The SMILES string of the molecule is COc1ccc(-c2cccc3cc(C(=O)N/C(=C/c4ccccc4)C(=O)N4CCN(C)CC4)nn23)cc1OC. The molecule has 5 rings (SSSR count). The van der Waals surface area contributed by atoms with Crippen molar-refractivity contribution >= 4 is 23.4 Å². The molecule has 0 unspecified atom stereocenters. The number of methoxy groups -OCH3 is 2. The second-order valence-electron chi connectivity index (χ2n) is 9.37. The summed E-state index contributed by atoms with van der Waals surface area (Å²) in [5, 5.41) is 7.45. The Bertz CT molecular complexity index is 1520. The average molecular weight is 526 g/mol. The van der Waals surface area contributed by atoms with Crippen LogP contribution < -0.4 is 14.8 Å². The minimum atomic E-state index is -0.457.